The number of aryl methyl sites for hydroxylation is 2. The highest BCUT2D eigenvalue weighted by Gasteiger charge is 2.28. The van der Waals surface area contributed by atoms with Gasteiger partial charge in [0.25, 0.3) is 5.91 Å². The second-order valence-corrected chi connectivity index (χ2v) is 8.36. The Morgan fingerprint density at radius 1 is 1.13 bits per heavy atom. The quantitative estimate of drug-likeness (QED) is 0.530. The molecule has 0 bridgehead atoms. The van der Waals surface area contributed by atoms with Crippen LogP contribution >= 0.6 is 27.5 Å². The maximum absolute atomic E-state index is 13.1. The number of carbonyl (C=O) groups excluding carboxylic acids is 2. The lowest BCUT2D eigenvalue weighted by atomic mass is 10.1. The first-order valence-electron chi connectivity index (χ1n) is 9.97. The summed E-state index contributed by atoms with van der Waals surface area (Å²) in [4.78, 5) is 27.3. The predicted octanol–water partition coefficient (Wildman–Crippen LogP) is 5.04. The summed E-state index contributed by atoms with van der Waals surface area (Å²) in [6, 6.07) is 10.5. The van der Waals surface area contributed by atoms with Gasteiger partial charge in [0, 0.05) is 22.6 Å². The Kier molecular flexibility index (Phi) is 9.18. The van der Waals surface area contributed by atoms with Crippen LogP contribution in [-0.4, -0.2) is 35.9 Å². The van der Waals surface area contributed by atoms with Gasteiger partial charge in [0.1, 0.15) is 11.8 Å². The minimum atomic E-state index is -0.579. The van der Waals surface area contributed by atoms with Crippen LogP contribution < -0.4 is 10.1 Å². The number of halogens is 2. The topological polar surface area (TPSA) is 58.6 Å². The zero-order valence-corrected chi connectivity index (χ0v) is 20.1. The monoisotopic (exact) mass is 494 g/mol. The molecule has 0 saturated carbocycles. The molecule has 0 aliphatic rings. The second-order valence-electron chi connectivity index (χ2n) is 7.13. The van der Waals surface area contributed by atoms with E-state index in [1.54, 1.807) is 17.0 Å². The number of nitrogens with one attached hydrogen (secondary N) is 1. The molecule has 7 heteroatoms. The highest BCUT2D eigenvalue weighted by Crippen LogP contribution is 2.26. The van der Waals surface area contributed by atoms with Gasteiger partial charge in [-0.05, 0) is 68.1 Å². The summed E-state index contributed by atoms with van der Waals surface area (Å²) in [7, 11) is 0. The van der Waals surface area contributed by atoms with Gasteiger partial charge in [-0.3, -0.25) is 9.59 Å². The van der Waals surface area contributed by atoms with Crippen molar-refractivity contribution in [1.29, 1.82) is 0 Å². The second kappa shape index (κ2) is 11.4. The standard InChI is InChI=1S/C23H28BrClN2O3/c1-5-20(23(29)26-6-2)27(13-17-7-9-18(25)10-8-17)21(28)14-30-19-11-15(3)22(24)16(4)12-19/h7-12,20H,5-6,13-14H2,1-4H3,(H,26,29)/t20-/m1/s1. The molecule has 0 radical (unpaired) electrons. The fourth-order valence-corrected chi connectivity index (χ4v) is 3.57. The van der Waals surface area contributed by atoms with E-state index >= 15 is 0 Å². The molecule has 0 spiro atoms. The fraction of sp³-hybridized carbons (Fsp3) is 0.391. The Labute approximate surface area is 191 Å². The van der Waals surface area contributed by atoms with Crippen molar-refractivity contribution in [3.63, 3.8) is 0 Å². The van der Waals surface area contributed by atoms with Crippen LogP contribution in [0.4, 0.5) is 0 Å². The SMILES string of the molecule is CCNC(=O)[C@@H](CC)N(Cc1ccc(Cl)cc1)C(=O)COc1cc(C)c(Br)c(C)c1. The van der Waals surface area contributed by atoms with Crippen LogP contribution in [0, 0.1) is 13.8 Å². The highest BCUT2D eigenvalue weighted by atomic mass is 79.9. The molecule has 0 aliphatic heterocycles. The van der Waals surface area contributed by atoms with E-state index in [4.69, 9.17) is 16.3 Å². The van der Waals surface area contributed by atoms with Gasteiger partial charge in [-0.1, -0.05) is 46.6 Å². The van der Waals surface area contributed by atoms with E-state index in [1.165, 1.54) is 0 Å². The molecule has 0 aliphatic carbocycles. The van der Waals surface area contributed by atoms with Gasteiger partial charge < -0.3 is 15.0 Å². The summed E-state index contributed by atoms with van der Waals surface area (Å²) < 4.78 is 6.81. The number of hydrogen-bond donors (Lipinski definition) is 1. The molecular weight excluding hydrogens is 468 g/mol. The van der Waals surface area contributed by atoms with Crippen LogP contribution in [0.25, 0.3) is 0 Å². The molecule has 30 heavy (non-hydrogen) atoms. The number of benzene rings is 2. The van der Waals surface area contributed by atoms with E-state index < -0.39 is 6.04 Å². The van der Waals surface area contributed by atoms with E-state index in [-0.39, 0.29) is 18.4 Å². The lowest BCUT2D eigenvalue weighted by molar-refractivity contribution is -0.142. The summed E-state index contributed by atoms with van der Waals surface area (Å²) in [5.41, 5.74) is 2.96. The number of carbonyl (C=O) groups is 2. The third kappa shape index (κ3) is 6.47. The molecule has 0 aromatic heterocycles. The normalized spacial score (nSPS) is 11.7. The lowest BCUT2D eigenvalue weighted by Gasteiger charge is -2.30. The molecule has 0 saturated heterocycles. The van der Waals surface area contributed by atoms with Gasteiger partial charge >= 0.3 is 0 Å². The van der Waals surface area contributed by atoms with Crippen LogP contribution in [0.5, 0.6) is 5.75 Å². The first-order chi connectivity index (χ1) is 14.3. The predicted molar refractivity (Wildman–Crippen MR) is 124 cm³/mol. The number of hydrogen-bond acceptors (Lipinski definition) is 3. The summed E-state index contributed by atoms with van der Waals surface area (Å²) in [6.45, 7) is 8.35. The van der Waals surface area contributed by atoms with E-state index in [1.807, 2.05) is 52.0 Å². The maximum Gasteiger partial charge on any atom is 0.261 e. The van der Waals surface area contributed by atoms with Crippen LogP contribution in [0.15, 0.2) is 40.9 Å². The number of likely N-dealkylation sites (N-methyl/N-ethyl adjacent to an activating group) is 1. The van der Waals surface area contributed by atoms with Gasteiger partial charge in [0.15, 0.2) is 6.61 Å². The maximum atomic E-state index is 13.1. The summed E-state index contributed by atoms with van der Waals surface area (Å²) in [6.07, 6.45) is 0.502. The van der Waals surface area contributed by atoms with E-state index in [0.717, 1.165) is 21.2 Å². The molecule has 0 heterocycles. The molecule has 0 fully saturated rings. The average molecular weight is 496 g/mol. The third-order valence-electron chi connectivity index (χ3n) is 4.78. The number of nitrogens with zero attached hydrogens (tertiary/aromatic N) is 1. The largest absolute Gasteiger partial charge is 0.484 e. The zero-order valence-electron chi connectivity index (χ0n) is 17.8. The van der Waals surface area contributed by atoms with Gasteiger partial charge in [0.05, 0.1) is 0 Å². The van der Waals surface area contributed by atoms with Crippen molar-refractivity contribution in [3.05, 3.63) is 62.6 Å². The molecule has 2 aromatic rings. The van der Waals surface area contributed by atoms with Gasteiger partial charge in [0.2, 0.25) is 5.91 Å². The number of ether oxygens (including phenoxy) is 1. The van der Waals surface area contributed by atoms with Gasteiger partial charge in [-0.2, -0.15) is 0 Å². The van der Waals surface area contributed by atoms with Crippen LogP contribution in [-0.2, 0) is 16.1 Å². The van der Waals surface area contributed by atoms with Crippen molar-refractivity contribution in [2.75, 3.05) is 13.2 Å². The molecule has 2 aromatic carbocycles. The zero-order chi connectivity index (χ0) is 22.3. The minimum absolute atomic E-state index is 0.149. The molecule has 1 N–H and O–H groups in total. The van der Waals surface area contributed by atoms with Crippen molar-refractivity contribution in [3.8, 4) is 5.75 Å². The van der Waals surface area contributed by atoms with E-state index in [2.05, 4.69) is 21.2 Å². The Balaban J connectivity index is 2.22. The smallest absolute Gasteiger partial charge is 0.261 e. The number of amides is 2. The van der Waals surface area contributed by atoms with Crippen molar-refractivity contribution >= 4 is 39.3 Å². The Bertz CT molecular complexity index is 864. The van der Waals surface area contributed by atoms with E-state index in [9.17, 15) is 9.59 Å². The summed E-state index contributed by atoms with van der Waals surface area (Å²) in [5.74, 6) is 0.206. The Hall–Kier alpha value is -2.05. The molecule has 2 rings (SSSR count). The Morgan fingerprint density at radius 2 is 1.73 bits per heavy atom. The molecule has 2 amide bonds. The fourth-order valence-electron chi connectivity index (χ4n) is 3.22. The van der Waals surface area contributed by atoms with Crippen molar-refractivity contribution < 1.29 is 14.3 Å². The molecule has 1 atom stereocenters. The molecule has 0 unspecified atom stereocenters. The molecule has 162 valence electrons. The Morgan fingerprint density at radius 3 is 2.27 bits per heavy atom. The van der Waals surface area contributed by atoms with Crippen molar-refractivity contribution in [1.82, 2.24) is 10.2 Å². The van der Waals surface area contributed by atoms with Crippen molar-refractivity contribution in [2.24, 2.45) is 0 Å². The first-order valence-corrected chi connectivity index (χ1v) is 11.1. The lowest BCUT2D eigenvalue weighted by Crippen LogP contribution is -2.50. The van der Waals surface area contributed by atoms with Gasteiger partial charge in [-0.25, -0.2) is 0 Å². The first kappa shape index (κ1) is 24.2. The molecular formula is C23H28BrClN2O3. The highest BCUT2D eigenvalue weighted by molar-refractivity contribution is 9.10. The molecule has 5 nitrogen and oxygen atoms in total. The van der Waals surface area contributed by atoms with Crippen LogP contribution in [0.2, 0.25) is 5.02 Å². The summed E-state index contributed by atoms with van der Waals surface area (Å²) in [5, 5.41) is 3.44. The number of rotatable bonds is 9. The van der Waals surface area contributed by atoms with Crippen LogP contribution in [0.1, 0.15) is 37.0 Å². The minimum Gasteiger partial charge on any atom is -0.484 e. The van der Waals surface area contributed by atoms with Crippen LogP contribution in [0.3, 0.4) is 0 Å². The van der Waals surface area contributed by atoms with E-state index in [0.29, 0.717) is 30.3 Å². The van der Waals surface area contributed by atoms with Gasteiger partial charge in [-0.15, -0.1) is 0 Å². The van der Waals surface area contributed by atoms with Crippen molar-refractivity contribution in [2.45, 2.75) is 46.7 Å². The average Bonchev–Trinajstić information content (AvgIpc) is 2.71. The summed E-state index contributed by atoms with van der Waals surface area (Å²) >= 11 is 9.51. The third-order valence-corrected chi connectivity index (χ3v) is 6.28.